The van der Waals surface area contributed by atoms with Crippen LogP contribution in [-0.2, 0) is 19.1 Å². The standard InChI is InChI=1S/C19H26N2O5/c1-11-13(12-5-9-24-10-6-12)21-26-14(11)20-15(22)19-8-7-18(4,16(23)25-19)17(19,2)3/h12H,5-10H2,1-4H3,(H,20,22)/t18-,19+/m0/s1. The molecule has 0 spiro atoms. The molecule has 2 aliphatic heterocycles. The van der Waals surface area contributed by atoms with Crippen molar-refractivity contribution in [2.24, 2.45) is 10.8 Å². The van der Waals surface area contributed by atoms with E-state index in [2.05, 4.69) is 10.5 Å². The van der Waals surface area contributed by atoms with Crippen molar-refractivity contribution in [1.29, 1.82) is 0 Å². The minimum absolute atomic E-state index is 0.284. The Morgan fingerprint density at radius 3 is 2.46 bits per heavy atom. The molecule has 2 atom stereocenters. The van der Waals surface area contributed by atoms with Crippen LogP contribution < -0.4 is 5.32 Å². The van der Waals surface area contributed by atoms with Gasteiger partial charge in [-0.15, -0.1) is 0 Å². The van der Waals surface area contributed by atoms with Crippen LogP contribution >= 0.6 is 0 Å². The van der Waals surface area contributed by atoms with Crippen molar-refractivity contribution >= 4 is 17.8 Å². The van der Waals surface area contributed by atoms with Crippen molar-refractivity contribution in [3.63, 3.8) is 0 Å². The molecule has 0 radical (unpaired) electrons. The number of carbonyl (C=O) groups is 2. The van der Waals surface area contributed by atoms with Gasteiger partial charge in [0.05, 0.1) is 11.1 Å². The predicted octanol–water partition coefficient (Wildman–Crippen LogP) is 2.94. The summed E-state index contributed by atoms with van der Waals surface area (Å²) in [6, 6.07) is 0. The van der Waals surface area contributed by atoms with Crippen LogP contribution in [0.3, 0.4) is 0 Å². The maximum absolute atomic E-state index is 13.1. The SMILES string of the molecule is Cc1c(C2CCOCC2)noc1NC(=O)[C@@]12CC[C@@](C)(C(=O)O1)C2(C)C. The third-order valence-electron chi connectivity index (χ3n) is 7.25. The lowest BCUT2D eigenvalue weighted by Crippen LogP contribution is -2.50. The van der Waals surface area contributed by atoms with Crippen molar-refractivity contribution in [3.05, 3.63) is 11.3 Å². The molecule has 7 heteroatoms. The van der Waals surface area contributed by atoms with E-state index in [-0.39, 0.29) is 17.8 Å². The molecular weight excluding hydrogens is 336 g/mol. The van der Waals surface area contributed by atoms with E-state index >= 15 is 0 Å². The summed E-state index contributed by atoms with van der Waals surface area (Å²) in [5.74, 6) is 0.0148. The van der Waals surface area contributed by atoms with Crippen LogP contribution in [0.2, 0.25) is 0 Å². The monoisotopic (exact) mass is 362 g/mol. The highest BCUT2D eigenvalue weighted by atomic mass is 16.6. The maximum atomic E-state index is 13.1. The molecular formula is C19H26N2O5. The van der Waals surface area contributed by atoms with E-state index in [4.69, 9.17) is 14.0 Å². The summed E-state index contributed by atoms with van der Waals surface area (Å²) in [6.07, 6.45) is 2.96. The largest absolute Gasteiger partial charge is 0.448 e. The zero-order chi connectivity index (χ0) is 18.7. The molecule has 0 aromatic carbocycles. The molecule has 1 aromatic rings. The molecule has 1 N–H and O–H groups in total. The fourth-order valence-corrected chi connectivity index (χ4v) is 4.77. The van der Waals surface area contributed by atoms with E-state index in [1.54, 1.807) is 0 Å². The first-order chi connectivity index (χ1) is 12.2. The van der Waals surface area contributed by atoms with Gasteiger partial charge in [0.1, 0.15) is 0 Å². The fourth-order valence-electron chi connectivity index (χ4n) is 4.77. The van der Waals surface area contributed by atoms with Gasteiger partial charge < -0.3 is 14.0 Å². The average Bonchev–Trinajstić information content (AvgIpc) is 3.12. The van der Waals surface area contributed by atoms with Gasteiger partial charge in [0.2, 0.25) is 5.88 Å². The third kappa shape index (κ3) is 2.06. The van der Waals surface area contributed by atoms with E-state index in [0.29, 0.717) is 31.9 Å². The van der Waals surface area contributed by atoms with E-state index in [1.807, 2.05) is 27.7 Å². The molecule has 2 bridgehead atoms. The Morgan fingerprint density at radius 1 is 1.19 bits per heavy atom. The number of nitrogens with zero attached hydrogens (tertiary/aromatic N) is 1. The second kappa shape index (κ2) is 5.55. The van der Waals surface area contributed by atoms with Crippen LogP contribution in [0.1, 0.15) is 63.6 Å². The average molecular weight is 362 g/mol. The van der Waals surface area contributed by atoms with Crippen LogP contribution in [0.15, 0.2) is 4.52 Å². The van der Waals surface area contributed by atoms with Gasteiger partial charge in [0, 0.05) is 30.1 Å². The summed E-state index contributed by atoms with van der Waals surface area (Å²) in [5, 5.41) is 7.04. The minimum atomic E-state index is -1.16. The summed E-state index contributed by atoms with van der Waals surface area (Å²) >= 11 is 0. The van der Waals surface area contributed by atoms with Crippen LogP contribution in [-0.4, -0.2) is 35.8 Å². The molecule has 1 saturated carbocycles. The summed E-state index contributed by atoms with van der Waals surface area (Å²) in [7, 11) is 0. The Labute approximate surface area is 152 Å². The highest BCUT2D eigenvalue weighted by Crippen LogP contribution is 2.65. The Balaban J connectivity index is 1.58. The zero-order valence-corrected chi connectivity index (χ0v) is 15.8. The molecule has 142 valence electrons. The van der Waals surface area contributed by atoms with Crippen LogP contribution in [0.5, 0.6) is 0 Å². The molecule has 4 rings (SSSR count). The number of ether oxygens (including phenoxy) is 2. The van der Waals surface area contributed by atoms with Gasteiger partial charge in [-0.2, -0.15) is 0 Å². The van der Waals surface area contributed by atoms with Crippen molar-refractivity contribution in [3.8, 4) is 0 Å². The van der Waals surface area contributed by atoms with Crippen molar-refractivity contribution in [1.82, 2.24) is 5.16 Å². The molecule has 0 unspecified atom stereocenters. The number of carbonyl (C=O) groups excluding carboxylic acids is 2. The first-order valence-corrected chi connectivity index (χ1v) is 9.32. The van der Waals surface area contributed by atoms with Gasteiger partial charge in [-0.1, -0.05) is 19.0 Å². The minimum Gasteiger partial charge on any atom is -0.448 e. The first kappa shape index (κ1) is 17.5. The number of esters is 1. The lowest BCUT2D eigenvalue weighted by Gasteiger charge is -2.35. The van der Waals surface area contributed by atoms with Gasteiger partial charge in [0.25, 0.3) is 5.91 Å². The predicted molar refractivity (Wildman–Crippen MR) is 92.6 cm³/mol. The van der Waals surface area contributed by atoms with Crippen LogP contribution in [0, 0.1) is 17.8 Å². The number of anilines is 1. The van der Waals surface area contributed by atoms with E-state index in [1.165, 1.54) is 0 Å². The summed E-state index contributed by atoms with van der Waals surface area (Å²) < 4.78 is 16.5. The van der Waals surface area contributed by atoms with E-state index < -0.39 is 16.4 Å². The highest BCUT2D eigenvalue weighted by molar-refractivity contribution is 6.03. The topological polar surface area (TPSA) is 90.7 Å². The number of amides is 1. The van der Waals surface area contributed by atoms with Crippen molar-refractivity contribution in [2.45, 2.75) is 64.9 Å². The lowest BCUT2D eigenvalue weighted by atomic mass is 9.66. The fraction of sp³-hybridized carbons (Fsp3) is 0.737. The van der Waals surface area contributed by atoms with E-state index in [9.17, 15) is 9.59 Å². The smallest absolute Gasteiger partial charge is 0.313 e. The van der Waals surface area contributed by atoms with Crippen molar-refractivity contribution in [2.75, 3.05) is 18.5 Å². The molecule has 3 heterocycles. The lowest BCUT2D eigenvalue weighted by molar-refractivity contribution is -0.166. The Bertz CT molecular complexity index is 764. The second-order valence-corrected chi connectivity index (χ2v) is 8.54. The first-order valence-electron chi connectivity index (χ1n) is 9.32. The molecule has 3 aliphatic rings. The number of rotatable bonds is 3. The second-order valence-electron chi connectivity index (χ2n) is 8.54. The zero-order valence-electron chi connectivity index (χ0n) is 15.8. The summed E-state index contributed by atoms with van der Waals surface area (Å²) in [4.78, 5) is 25.5. The van der Waals surface area contributed by atoms with Gasteiger partial charge in [-0.05, 0) is 39.5 Å². The number of aromatic nitrogens is 1. The summed E-state index contributed by atoms with van der Waals surface area (Å²) in [6.45, 7) is 9.09. The highest BCUT2D eigenvalue weighted by Gasteiger charge is 2.75. The van der Waals surface area contributed by atoms with Crippen LogP contribution in [0.4, 0.5) is 5.88 Å². The Kier molecular flexibility index (Phi) is 3.74. The molecule has 1 aromatic heterocycles. The quantitative estimate of drug-likeness (QED) is 0.832. The molecule has 2 saturated heterocycles. The molecule has 1 aliphatic carbocycles. The Morgan fingerprint density at radius 2 is 1.88 bits per heavy atom. The van der Waals surface area contributed by atoms with Gasteiger partial charge in [-0.25, -0.2) is 0 Å². The van der Waals surface area contributed by atoms with Gasteiger partial charge >= 0.3 is 5.97 Å². The third-order valence-corrected chi connectivity index (χ3v) is 7.25. The number of fused-ring (bicyclic) bond motifs is 2. The summed E-state index contributed by atoms with van der Waals surface area (Å²) in [5.41, 5.74) is -0.659. The van der Waals surface area contributed by atoms with Crippen molar-refractivity contribution < 1.29 is 23.6 Å². The molecule has 26 heavy (non-hydrogen) atoms. The normalized spacial score (nSPS) is 33.3. The molecule has 7 nitrogen and oxygen atoms in total. The number of hydrogen-bond acceptors (Lipinski definition) is 6. The van der Waals surface area contributed by atoms with Gasteiger partial charge in [-0.3, -0.25) is 14.9 Å². The number of hydrogen-bond donors (Lipinski definition) is 1. The van der Waals surface area contributed by atoms with Gasteiger partial charge in [0.15, 0.2) is 5.60 Å². The number of nitrogens with one attached hydrogen (secondary N) is 1. The maximum Gasteiger partial charge on any atom is 0.313 e. The van der Waals surface area contributed by atoms with E-state index in [0.717, 1.165) is 24.1 Å². The Hall–Kier alpha value is -1.89. The molecule has 1 amide bonds. The molecule has 3 fully saturated rings. The van der Waals surface area contributed by atoms with Crippen LogP contribution in [0.25, 0.3) is 0 Å².